The Bertz CT molecular complexity index is 256. The molecule has 0 heterocycles. The van der Waals surface area contributed by atoms with Gasteiger partial charge in [-0.15, -0.1) is 11.6 Å². The van der Waals surface area contributed by atoms with E-state index in [1.807, 2.05) is 12.1 Å². The number of alkyl halides is 1. The molecule has 14 heavy (non-hydrogen) atoms. The van der Waals surface area contributed by atoms with Crippen molar-refractivity contribution < 1.29 is 0 Å². The van der Waals surface area contributed by atoms with Gasteiger partial charge in [-0.2, -0.15) is 0 Å². The van der Waals surface area contributed by atoms with Gasteiger partial charge in [0.25, 0.3) is 0 Å². The largest absolute Gasteiger partial charge is 0.118 e. The van der Waals surface area contributed by atoms with Crippen LogP contribution < -0.4 is 0 Å². The standard InChI is InChI=1S/C12H16BrCl/c1-2-3-4-5-12(14)10-6-8-11(13)9-7-10/h6-9,12H,2-5H2,1H3. The van der Waals surface area contributed by atoms with Crippen LogP contribution >= 0.6 is 27.5 Å². The Morgan fingerprint density at radius 3 is 2.43 bits per heavy atom. The van der Waals surface area contributed by atoms with Crippen molar-refractivity contribution in [1.82, 2.24) is 0 Å². The van der Waals surface area contributed by atoms with Crippen molar-refractivity contribution >= 4 is 27.5 Å². The first-order valence-corrected chi connectivity index (χ1v) is 6.36. The summed E-state index contributed by atoms with van der Waals surface area (Å²) in [6.45, 7) is 2.21. The molecule has 0 radical (unpaired) electrons. The second-order valence-corrected chi connectivity index (χ2v) is 4.96. The summed E-state index contributed by atoms with van der Waals surface area (Å²) in [5, 5.41) is 0.176. The Kier molecular flexibility index (Phi) is 5.57. The van der Waals surface area contributed by atoms with E-state index in [9.17, 15) is 0 Å². The fourth-order valence-corrected chi connectivity index (χ4v) is 1.98. The lowest BCUT2D eigenvalue weighted by molar-refractivity contribution is 0.655. The van der Waals surface area contributed by atoms with E-state index in [2.05, 4.69) is 35.0 Å². The number of unbranched alkanes of at least 4 members (excludes halogenated alkanes) is 2. The molecule has 1 unspecified atom stereocenters. The molecule has 0 aliphatic carbocycles. The molecule has 1 aromatic carbocycles. The summed E-state index contributed by atoms with van der Waals surface area (Å²) in [6, 6.07) is 8.27. The molecule has 2 heteroatoms. The van der Waals surface area contributed by atoms with Crippen LogP contribution in [0.3, 0.4) is 0 Å². The molecule has 0 saturated heterocycles. The smallest absolute Gasteiger partial charge is 0.0585 e. The van der Waals surface area contributed by atoms with Gasteiger partial charge in [0.15, 0.2) is 0 Å². The molecule has 0 nitrogen and oxygen atoms in total. The number of hydrogen-bond acceptors (Lipinski definition) is 0. The summed E-state index contributed by atoms with van der Waals surface area (Å²) in [5.41, 5.74) is 1.23. The SMILES string of the molecule is CCCCCC(Cl)c1ccc(Br)cc1. The first-order chi connectivity index (χ1) is 6.74. The lowest BCUT2D eigenvalue weighted by Crippen LogP contribution is -1.90. The van der Waals surface area contributed by atoms with Gasteiger partial charge >= 0.3 is 0 Å². The summed E-state index contributed by atoms with van der Waals surface area (Å²) < 4.78 is 1.11. The van der Waals surface area contributed by atoms with E-state index >= 15 is 0 Å². The quantitative estimate of drug-likeness (QED) is 0.505. The fourth-order valence-electron chi connectivity index (χ4n) is 1.41. The highest BCUT2D eigenvalue weighted by molar-refractivity contribution is 9.10. The van der Waals surface area contributed by atoms with E-state index in [-0.39, 0.29) is 5.38 Å². The van der Waals surface area contributed by atoms with E-state index < -0.39 is 0 Å². The van der Waals surface area contributed by atoms with Gasteiger partial charge in [-0.25, -0.2) is 0 Å². The molecule has 0 spiro atoms. The molecule has 78 valence electrons. The Labute approximate surface area is 99.8 Å². The monoisotopic (exact) mass is 274 g/mol. The van der Waals surface area contributed by atoms with Crippen molar-refractivity contribution in [3.05, 3.63) is 34.3 Å². The fraction of sp³-hybridized carbons (Fsp3) is 0.500. The number of benzene rings is 1. The summed E-state index contributed by atoms with van der Waals surface area (Å²) in [4.78, 5) is 0. The maximum absolute atomic E-state index is 6.28. The Morgan fingerprint density at radius 2 is 1.86 bits per heavy atom. The second-order valence-electron chi connectivity index (χ2n) is 3.51. The molecule has 0 N–H and O–H groups in total. The van der Waals surface area contributed by atoms with Crippen molar-refractivity contribution in [2.75, 3.05) is 0 Å². The molecule has 0 amide bonds. The van der Waals surface area contributed by atoms with Crippen LogP contribution in [0.1, 0.15) is 43.5 Å². The lowest BCUT2D eigenvalue weighted by Gasteiger charge is -2.09. The normalized spacial score (nSPS) is 12.8. The van der Waals surface area contributed by atoms with Crippen LogP contribution in [-0.4, -0.2) is 0 Å². The summed E-state index contributed by atoms with van der Waals surface area (Å²) >= 11 is 9.69. The highest BCUT2D eigenvalue weighted by Crippen LogP contribution is 2.27. The van der Waals surface area contributed by atoms with Crippen LogP contribution in [0.2, 0.25) is 0 Å². The minimum absolute atomic E-state index is 0.176. The number of halogens is 2. The van der Waals surface area contributed by atoms with Crippen LogP contribution in [0.25, 0.3) is 0 Å². The molecule has 0 aliphatic heterocycles. The maximum Gasteiger partial charge on any atom is 0.0585 e. The minimum Gasteiger partial charge on any atom is -0.118 e. The Morgan fingerprint density at radius 1 is 1.21 bits per heavy atom. The second kappa shape index (κ2) is 6.47. The number of hydrogen-bond donors (Lipinski definition) is 0. The zero-order chi connectivity index (χ0) is 10.4. The first-order valence-electron chi connectivity index (χ1n) is 5.13. The highest BCUT2D eigenvalue weighted by Gasteiger charge is 2.06. The molecule has 1 atom stereocenters. The predicted molar refractivity (Wildman–Crippen MR) is 66.9 cm³/mol. The van der Waals surface area contributed by atoms with Crippen LogP contribution in [0.4, 0.5) is 0 Å². The van der Waals surface area contributed by atoms with Crippen molar-refractivity contribution in [2.45, 2.75) is 38.0 Å². The van der Waals surface area contributed by atoms with Crippen LogP contribution in [0.5, 0.6) is 0 Å². The van der Waals surface area contributed by atoms with Gasteiger partial charge in [-0.1, -0.05) is 54.2 Å². The molecule has 0 bridgehead atoms. The van der Waals surface area contributed by atoms with Gasteiger partial charge in [-0.05, 0) is 24.1 Å². The first kappa shape index (κ1) is 12.1. The van der Waals surface area contributed by atoms with Gasteiger partial charge in [0.05, 0.1) is 5.38 Å². The number of rotatable bonds is 5. The molecular formula is C12H16BrCl. The zero-order valence-corrected chi connectivity index (χ0v) is 10.8. The van der Waals surface area contributed by atoms with Crippen molar-refractivity contribution in [3.63, 3.8) is 0 Å². The van der Waals surface area contributed by atoms with Crippen LogP contribution in [0, 0.1) is 0 Å². The van der Waals surface area contributed by atoms with Gasteiger partial charge in [0.1, 0.15) is 0 Å². The van der Waals surface area contributed by atoms with E-state index in [4.69, 9.17) is 11.6 Å². The zero-order valence-electron chi connectivity index (χ0n) is 8.47. The van der Waals surface area contributed by atoms with E-state index in [0.29, 0.717) is 0 Å². The molecule has 0 fully saturated rings. The van der Waals surface area contributed by atoms with Gasteiger partial charge in [0.2, 0.25) is 0 Å². The minimum atomic E-state index is 0.176. The third-order valence-corrected chi connectivity index (χ3v) is 3.29. The topological polar surface area (TPSA) is 0 Å². The third kappa shape index (κ3) is 4.02. The maximum atomic E-state index is 6.28. The highest BCUT2D eigenvalue weighted by atomic mass is 79.9. The molecule has 0 aliphatic rings. The van der Waals surface area contributed by atoms with Crippen molar-refractivity contribution in [2.24, 2.45) is 0 Å². The molecule has 0 aromatic heterocycles. The predicted octanol–water partition coefficient (Wildman–Crippen LogP) is 5.31. The van der Waals surface area contributed by atoms with E-state index in [0.717, 1.165) is 10.9 Å². The third-order valence-electron chi connectivity index (χ3n) is 2.29. The van der Waals surface area contributed by atoms with Crippen LogP contribution in [-0.2, 0) is 0 Å². The Hall–Kier alpha value is -0.0100. The van der Waals surface area contributed by atoms with Crippen LogP contribution in [0.15, 0.2) is 28.7 Å². The van der Waals surface area contributed by atoms with E-state index in [1.54, 1.807) is 0 Å². The average molecular weight is 276 g/mol. The summed E-state index contributed by atoms with van der Waals surface area (Å²) in [6.07, 6.45) is 4.83. The molecule has 1 rings (SSSR count). The van der Waals surface area contributed by atoms with Gasteiger partial charge < -0.3 is 0 Å². The van der Waals surface area contributed by atoms with Gasteiger partial charge in [0, 0.05) is 4.47 Å². The van der Waals surface area contributed by atoms with Gasteiger partial charge in [-0.3, -0.25) is 0 Å². The molecular weight excluding hydrogens is 259 g/mol. The average Bonchev–Trinajstić information content (AvgIpc) is 2.19. The summed E-state index contributed by atoms with van der Waals surface area (Å²) in [7, 11) is 0. The summed E-state index contributed by atoms with van der Waals surface area (Å²) in [5.74, 6) is 0. The van der Waals surface area contributed by atoms with E-state index in [1.165, 1.54) is 24.8 Å². The van der Waals surface area contributed by atoms with Crippen molar-refractivity contribution in [1.29, 1.82) is 0 Å². The van der Waals surface area contributed by atoms with Crippen molar-refractivity contribution in [3.8, 4) is 0 Å². The molecule has 0 saturated carbocycles. The molecule has 1 aromatic rings. The lowest BCUT2D eigenvalue weighted by atomic mass is 10.1. The Balaban J connectivity index is 2.43.